The van der Waals surface area contributed by atoms with Crippen LogP contribution in [0, 0.1) is 0 Å². The number of allylic oxidation sites excluding steroid dienone is 1. The zero-order valence-corrected chi connectivity index (χ0v) is 8.15. The maximum Gasteiger partial charge on any atom is 0.335 e. The molecule has 0 fully saturated rings. The van der Waals surface area contributed by atoms with Crippen LogP contribution in [-0.2, 0) is 4.79 Å². The minimum Gasteiger partial charge on any atom is -0.497 e. The second kappa shape index (κ2) is 4.46. The van der Waals surface area contributed by atoms with Crippen molar-refractivity contribution >= 4 is 11.5 Å². The number of aliphatic carboxylic acids is 1. The number of rotatable bonds is 3. The molecule has 0 saturated heterocycles. The molecule has 0 spiro atoms. The zero-order chi connectivity index (χ0) is 10.6. The van der Waals surface area contributed by atoms with Gasteiger partial charge in [0.15, 0.2) is 0 Å². The third kappa shape index (κ3) is 2.13. The summed E-state index contributed by atoms with van der Waals surface area (Å²) in [7, 11) is 1.57. The lowest BCUT2D eigenvalue weighted by Crippen LogP contribution is -1.99. The van der Waals surface area contributed by atoms with Crippen molar-refractivity contribution in [2.24, 2.45) is 0 Å². The van der Waals surface area contributed by atoms with Gasteiger partial charge < -0.3 is 9.84 Å². The molecule has 0 aromatic heterocycles. The molecule has 0 aliphatic carbocycles. The van der Waals surface area contributed by atoms with E-state index in [1.54, 1.807) is 44.4 Å². The summed E-state index contributed by atoms with van der Waals surface area (Å²) in [5, 5.41) is 8.85. The predicted octanol–water partition coefficient (Wildman–Crippen LogP) is 2.18. The number of ether oxygens (including phenoxy) is 1. The maximum absolute atomic E-state index is 10.8. The zero-order valence-electron chi connectivity index (χ0n) is 8.15. The Kier molecular flexibility index (Phi) is 3.29. The first-order chi connectivity index (χ1) is 6.69. The Bertz CT molecular complexity index is 349. The summed E-state index contributed by atoms with van der Waals surface area (Å²) in [6.45, 7) is 1.70. The number of carboxylic acids is 1. The Labute approximate surface area is 82.6 Å². The van der Waals surface area contributed by atoms with Crippen molar-refractivity contribution in [2.75, 3.05) is 7.11 Å². The molecule has 0 heterocycles. The Morgan fingerprint density at radius 3 is 2.29 bits per heavy atom. The third-order valence-corrected chi connectivity index (χ3v) is 1.92. The summed E-state index contributed by atoms with van der Waals surface area (Å²) in [6, 6.07) is 6.92. The summed E-state index contributed by atoms with van der Waals surface area (Å²) in [5.74, 6) is -0.202. The predicted molar refractivity (Wildman–Crippen MR) is 54.3 cm³/mol. The quantitative estimate of drug-likeness (QED) is 0.746. The normalized spacial score (nSPS) is 11.1. The van der Waals surface area contributed by atoms with E-state index in [9.17, 15) is 4.79 Å². The van der Waals surface area contributed by atoms with Gasteiger partial charge in [0.2, 0.25) is 0 Å². The van der Waals surface area contributed by atoms with E-state index in [0.29, 0.717) is 11.1 Å². The fourth-order valence-corrected chi connectivity index (χ4v) is 1.18. The van der Waals surface area contributed by atoms with Gasteiger partial charge in [0.05, 0.1) is 12.7 Å². The van der Waals surface area contributed by atoms with Gasteiger partial charge in [-0.15, -0.1) is 0 Å². The number of carboxylic acid groups (broad SMARTS) is 1. The average Bonchev–Trinajstić information content (AvgIpc) is 2.19. The van der Waals surface area contributed by atoms with Gasteiger partial charge >= 0.3 is 5.97 Å². The Morgan fingerprint density at radius 1 is 1.36 bits per heavy atom. The van der Waals surface area contributed by atoms with Crippen LogP contribution in [-0.4, -0.2) is 18.2 Å². The van der Waals surface area contributed by atoms with Crippen LogP contribution in [0.2, 0.25) is 0 Å². The Hall–Kier alpha value is -1.77. The standard InChI is InChI=1S/C11H12O3/c1-3-10(11(12)13)8-4-6-9(14-2)7-5-8/h3-7H,1-2H3,(H,12,13)/b10-3+. The van der Waals surface area contributed by atoms with E-state index in [1.165, 1.54) is 0 Å². The van der Waals surface area contributed by atoms with E-state index in [1.807, 2.05) is 0 Å². The molecule has 74 valence electrons. The van der Waals surface area contributed by atoms with Crippen molar-refractivity contribution in [3.05, 3.63) is 35.9 Å². The highest BCUT2D eigenvalue weighted by Crippen LogP contribution is 2.18. The highest BCUT2D eigenvalue weighted by molar-refractivity contribution is 6.15. The van der Waals surface area contributed by atoms with Gasteiger partial charge in [-0.25, -0.2) is 4.79 Å². The molecule has 1 aromatic carbocycles. The van der Waals surface area contributed by atoms with Crippen molar-refractivity contribution in [1.82, 2.24) is 0 Å². The van der Waals surface area contributed by atoms with Crippen molar-refractivity contribution in [2.45, 2.75) is 6.92 Å². The minimum absolute atomic E-state index is 0.299. The van der Waals surface area contributed by atoms with Gasteiger partial charge in [-0.1, -0.05) is 18.2 Å². The van der Waals surface area contributed by atoms with Crippen LogP contribution in [0.4, 0.5) is 0 Å². The Morgan fingerprint density at radius 2 is 1.93 bits per heavy atom. The molecule has 0 amide bonds. The number of benzene rings is 1. The summed E-state index contributed by atoms with van der Waals surface area (Å²) in [6.07, 6.45) is 1.57. The van der Waals surface area contributed by atoms with E-state index >= 15 is 0 Å². The lowest BCUT2D eigenvalue weighted by molar-refractivity contribution is -0.130. The number of hydrogen-bond acceptors (Lipinski definition) is 2. The largest absolute Gasteiger partial charge is 0.497 e. The average molecular weight is 192 g/mol. The van der Waals surface area contributed by atoms with Crippen LogP contribution in [0.1, 0.15) is 12.5 Å². The molecule has 0 aliphatic rings. The van der Waals surface area contributed by atoms with Gasteiger partial charge in [-0.05, 0) is 24.6 Å². The van der Waals surface area contributed by atoms with Crippen LogP contribution < -0.4 is 4.74 Å². The van der Waals surface area contributed by atoms with Gasteiger partial charge in [0, 0.05) is 0 Å². The van der Waals surface area contributed by atoms with E-state index in [0.717, 1.165) is 5.75 Å². The molecule has 3 nitrogen and oxygen atoms in total. The summed E-state index contributed by atoms with van der Waals surface area (Å²) in [5.41, 5.74) is 0.980. The lowest BCUT2D eigenvalue weighted by atomic mass is 10.1. The number of methoxy groups -OCH3 is 1. The Balaban J connectivity index is 3.02. The monoisotopic (exact) mass is 192 g/mol. The summed E-state index contributed by atoms with van der Waals surface area (Å²) >= 11 is 0. The van der Waals surface area contributed by atoms with Crippen molar-refractivity contribution in [3.63, 3.8) is 0 Å². The van der Waals surface area contributed by atoms with Crippen molar-refractivity contribution < 1.29 is 14.6 Å². The van der Waals surface area contributed by atoms with Gasteiger partial charge in [0.1, 0.15) is 5.75 Å². The molecule has 0 atom stereocenters. The maximum atomic E-state index is 10.8. The molecular formula is C11H12O3. The highest BCUT2D eigenvalue weighted by Gasteiger charge is 2.08. The van der Waals surface area contributed by atoms with Gasteiger partial charge in [0.25, 0.3) is 0 Å². The number of carbonyl (C=O) groups is 1. The number of hydrogen-bond donors (Lipinski definition) is 1. The molecule has 3 heteroatoms. The minimum atomic E-state index is -0.919. The van der Waals surface area contributed by atoms with Crippen LogP contribution in [0.15, 0.2) is 30.3 Å². The second-order valence-corrected chi connectivity index (χ2v) is 2.74. The van der Waals surface area contributed by atoms with Crippen molar-refractivity contribution in [3.8, 4) is 5.75 Å². The van der Waals surface area contributed by atoms with Gasteiger partial charge in [-0.2, -0.15) is 0 Å². The molecule has 0 bridgehead atoms. The van der Waals surface area contributed by atoms with Crippen molar-refractivity contribution in [1.29, 1.82) is 0 Å². The van der Waals surface area contributed by atoms with Crippen LogP contribution in [0.5, 0.6) is 5.75 Å². The topological polar surface area (TPSA) is 46.5 Å². The molecule has 1 rings (SSSR count). The highest BCUT2D eigenvalue weighted by atomic mass is 16.5. The molecule has 14 heavy (non-hydrogen) atoms. The lowest BCUT2D eigenvalue weighted by Gasteiger charge is -2.03. The molecule has 0 saturated carbocycles. The SMILES string of the molecule is C/C=C(/C(=O)O)c1ccc(OC)cc1. The van der Waals surface area contributed by atoms with E-state index in [4.69, 9.17) is 9.84 Å². The third-order valence-electron chi connectivity index (χ3n) is 1.92. The molecule has 1 N–H and O–H groups in total. The second-order valence-electron chi connectivity index (χ2n) is 2.74. The fourth-order valence-electron chi connectivity index (χ4n) is 1.18. The van der Waals surface area contributed by atoms with Crippen LogP contribution >= 0.6 is 0 Å². The molecule has 0 radical (unpaired) electrons. The molecule has 0 aliphatic heterocycles. The van der Waals surface area contributed by atoms with E-state index < -0.39 is 5.97 Å². The molecule has 0 unspecified atom stereocenters. The first kappa shape index (κ1) is 10.3. The summed E-state index contributed by atoms with van der Waals surface area (Å²) in [4.78, 5) is 10.8. The van der Waals surface area contributed by atoms with Crippen LogP contribution in [0.25, 0.3) is 5.57 Å². The van der Waals surface area contributed by atoms with E-state index in [-0.39, 0.29) is 0 Å². The molecule has 1 aromatic rings. The summed E-state index contributed by atoms with van der Waals surface area (Å²) < 4.78 is 4.98. The van der Waals surface area contributed by atoms with Crippen LogP contribution in [0.3, 0.4) is 0 Å². The first-order valence-corrected chi connectivity index (χ1v) is 4.23. The molecular weight excluding hydrogens is 180 g/mol. The fraction of sp³-hybridized carbons (Fsp3) is 0.182. The smallest absolute Gasteiger partial charge is 0.335 e. The first-order valence-electron chi connectivity index (χ1n) is 4.23. The van der Waals surface area contributed by atoms with E-state index in [2.05, 4.69) is 0 Å². The van der Waals surface area contributed by atoms with Gasteiger partial charge in [-0.3, -0.25) is 0 Å².